The van der Waals surface area contributed by atoms with Crippen LogP contribution < -0.4 is 9.62 Å². The number of nitrogens with zero attached hydrogens (tertiary/aromatic N) is 2. The summed E-state index contributed by atoms with van der Waals surface area (Å²) in [7, 11) is -4.07. The van der Waals surface area contributed by atoms with Gasteiger partial charge in [0.2, 0.25) is 11.8 Å². The third kappa shape index (κ3) is 7.94. The number of aryl methyl sites for hydroxylation is 2. The first-order chi connectivity index (χ1) is 19.2. The second kappa shape index (κ2) is 14.7. The number of nitrogens with one attached hydrogen (secondary N) is 1. The summed E-state index contributed by atoms with van der Waals surface area (Å²) in [5, 5.41) is 2.95. The predicted octanol–water partition coefficient (Wildman–Crippen LogP) is 5.48. The standard InChI is InChI=1S/C32H41N3O4S/c1-5-8-22-33-32(37)30(7-3)34(23-27-16-14-25(4)15-17-27)31(36)24-35(28-20-18-26(6-2)19-21-28)40(38,39)29-12-10-9-11-13-29/h9-21,30H,5-8,22-24H2,1-4H3,(H,33,37). The van der Waals surface area contributed by atoms with E-state index in [2.05, 4.69) is 5.32 Å². The Hall–Kier alpha value is -3.65. The molecule has 8 heteroatoms. The van der Waals surface area contributed by atoms with Gasteiger partial charge in [-0.05, 0) is 61.6 Å². The van der Waals surface area contributed by atoms with Crippen LogP contribution in [0.1, 0.15) is 56.7 Å². The van der Waals surface area contributed by atoms with E-state index in [1.165, 1.54) is 17.0 Å². The minimum Gasteiger partial charge on any atom is -0.354 e. The maximum Gasteiger partial charge on any atom is 0.264 e. The summed E-state index contributed by atoms with van der Waals surface area (Å²) in [4.78, 5) is 28.9. The molecule has 0 spiro atoms. The Morgan fingerprint density at radius 1 is 0.850 bits per heavy atom. The quantitative estimate of drug-likeness (QED) is 0.263. The molecule has 0 fully saturated rings. The number of carbonyl (C=O) groups excluding carboxylic acids is 2. The Morgan fingerprint density at radius 3 is 2.05 bits per heavy atom. The number of amides is 2. The topological polar surface area (TPSA) is 86.8 Å². The highest BCUT2D eigenvalue weighted by molar-refractivity contribution is 7.92. The van der Waals surface area contributed by atoms with Crippen molar-refractivity contribution in [2.75, 3.05) is 17.4 Å². The molecule has 3 aromatic rings. The number of benzene rings is 3. The van der Waals surface area contributed by atoms with Crippen LogP contribution in [0.3, 0.4) is 0 Å². The van der Waals surface area contributed by atoms with Gasteiger partial charge in [0.15, 0.2) is 0 Å². The van der Waals surface area contributed by atoms with Gasteiger partial charge in [-0.15, -0.1) is 0 Å². The highest BCUT2D eigenvalue weighted by Crippen LogP contribution is 2.25. The average Bonchev–Trinajstić information content (AvgIpc) is 2.97. The van der Waals surface area contributed by atoms with Gasteiger partial charge in [0.25, 0.3) is 10.0 Å². The summed E-state index contributed by atoms with van der Waals surface area (Å²) in [6, 6.07) is 22.3. The third-order valence-corrected chi connectivity index (χ3v) is 8.72. The van der Waals surface area contributed by atoms with Gasteiger partial charge in [0.1, 0.15) is 12.6 Å². The SMILES string of the molecule is CCCCNC(=O)C(CC)N(Cc1ccc(C)cc1)C(=O)CN(c1ccc(CC)cc1)S(=O)(=O)c1ccccc1. The Labute approximate surface area is 239 Å². The summed E-state index contributed by atoms with van der Waals surface area (Å²) in [5.41, 5.74) is 3.40. The maximum absolute atomic E-state index is 14.1. The molecule has 0 radical (unpaired) electrons. The van der Waals surface area contributed by atoms with Crippen LogP contribution in [0.25, 0.3) is 0 Å². The molecule has 0 saturated heterocycles. The van der Waals surface area contributed by atoms with E-state index in [-0.39, 0.29) is 17.3 Å². The lowest BCUT2D eigenvalue weighted by Gasteiger charge is -2.33. The van der Waals surface area contributed by atoms with E-state index in [4.69, 9.17) is 0 Å². The van der Waals surface area contributed by atoms with Crippen LogP contribution in [-0.2, 0) is 32.6 Å². The van der Waals surface area contributed by atoms with E-state index < -0.39 is 28.5 Å². The molecule has 0 bridgehead atoms. The lowest BCUT2D eigenvalue weighted by molar-refractivity contribution is -0.140. The molecule has 0 heterocycles. The summed E-state index contributed by atoms with van der Waals surface area (Å²) in [6.07, 6.45) is 2.98. The van der Waals surface area contributed by atoms with Gasteiger partial charge in [0.05, 0.1) is 10.6 Å². The average molecular weight is 564 g/mol. The summed E-state index contributed by atoms with van der Waals surface area (Å²) < 4.78 is 28.9. The van der Waals surface area contributed by atoms with Crippen LogP contribution in [0, 0.1) is 6.92 Å². The number of sulfonamides is 1. The van der Waals surface area contributed by atoms with E-state index >= 15 is 0 Å². The van der Waals surface area contributed by atoms with E-state index in [1.807, 2.05) is 64.1 Å². The fourth-order valence-corrected chi connectivity index (χ4v) is 5.90. The third-order valence-electron chi connectivity index (χ3n) is 6.93. The Bertz CT molecular complexity index is 1340. The van der Waals surface area contributed by atoms with Crippen LogP contribution in [0.15, 0.2) is 83.8 Å². The zero-order valence-corrected chi connectivity index (χ0v) is 24.8. The molecule has 0 aliphatic heterocycles. The van der Waals surface area contributed by atoms with Crippen LogP contribution in [0.2, 0.25) is 0 Å². The molecule has 3 rings (SSSR count). The van der Waals surface area contributed by atoms with Crippen molar-refractivity contribution in [2.24, 2.45) is 0 Å². The molecular weight excluding hydrogens is 522 g/mol. The summed E-state index contributed by atoms with van der Waals surface area (Å²) in [5.74, 6) is -0.682. The first kappa shape index (κ1) is 30.9. The zero-order chi connectivity index (χ0) is 29.1. The molecule has 1 N–H and O–H groups in total. The van der Waals surface area contributed by atoms with Crippen molar-refractivity contribution in [2.45, 2.75) is 70.9 Å². The molecule has 2 amide bonds. The summed E-state index contributed by atoms with van der Waals surface area (Å²) in [6.45, 7) is 8.19. The van der Waals surface area contributed by atoms with Crippen LogP contribution in [0.5, 0.6) is 0 Å². The largest absolute Gasteiger partial charge is 0.354 e. The number of hydrogen-bond acceptors (Lipinski definition) is 4. The van der Waals surface area contributed by atoms with Crippen molar-refractivity contribution in [3.05, 3.63) is 95.6 Å². The van der Waals surface area contributed by atoms with Crippen LogP contribution >= 0.6 is 0 Å². The predicted molar refractivity (Wildman–Crippen MR) is 161 cm³/mol. The van der Waals surface area contributed by atoms with Crippen molar-refractivity contribution in [3.63, 3.8) is 0 Å². The zero-order valence-electron chi connectivity index (χ0n) is 24.0. The normalized spacial score (nSPS) is 12.0. The lowest BCUT2D eigenvalue weighted by atomic mass is 10.1. The van der Waals surface area contributed by atoms with Gasteiger partial charge in [-0.2, -0.15) is 0 Å². The number of unbranched alkanes of at least 4 members (excludes halogenated alkanes) is 1. The highest BCUT2D eigenvalue weighted by Gasteiger charge is 2.33. The smallest absolute Gasteiger partial charge is 0.264 e. The molecule has 0 aliphatic rings. The molecule has 0 aromatic heterocycles. The molecule has 214 valence electrons. The number of hydrogen-bond donors (Lipinski definition) is 1. The maximum atomic E-state index is 14.1. The second-order valence-electron chi connectivity index (χ2n) is 9.92. The van der Waals surface area contributed by atoms with E-state index in [0.29, 0.717) is 18.7 Å². The van der Waals surface area contributed by atoms with Crippen molar-refractivity contribution in [1.82, 2.24) is 10.2 Å². The van der Waals surface area contributed by atoms with Gasteiger partial charge in [0, 0.05) is 13.1 Å². The van der Waals surface area contributed by atoms with E-state index in [9.17, 15) is 18.0 Å². The number of anilines is 1. The Morgan fingerprint density at radius 2 is 1.48 bits per heavy atom. The Kier molecular flexibility index (Phi) is 11.3. The summed E-state index contributed by atoms with van der Waals surface area (Å²) >= 11 is 0. The van der Waals surface area contributed by atoms with Crippen LogP contribution in [-0.4, -0.2) is 44.3 Å². The first-order valence-electron chi connectivity index (χ1n) is 14.0. The lowest BCUT2D eigenvalue weighted by Crippen LogP contribution is -2.52. The van der Waals surface area contributed by atoms with Crippen molar-refractivity contribution in [3.8, 4) is 0 Å². The van der Waals surface area contributed by atoms with Gasteiger partial charge < -0.3 is 10.2 Å². The minimum atomic E-state index is -4.07. The fraction of sp³-hybridized carbons (Fsp3) is 0.375. The molecule has 40 heavy (non-hydrogen) atoms. The van der Waals surface area contributed by atoms with Gasteiger partial charge in [-0.1, -0.05) is 87.4 Å². The fourth-order valence-electron chi connectivity index (χ4n) is 4.46. The van der Waals surface area contributed by atoms with Crippen molar-refractivity contribution in [1.29, 1.82) is 0 Å². The minimum absolute atomic E-state index is 0.0943. The molecule has 0 saturated carbocycles. The van der Waals surface area contributed by atoms with Gasteiger partial charge in [-0.3, -0.25) is 13.9 Å². The highest BCUT2D eigenvalue weighted by atomic mass is 32.2. The second-order valence-corrected chi connectivity index (χ2v) is 11.8. The van der Waals surface area contributed by atoms with Crippen molar-refractivity contribution >= 4 is 27.5 Å². The molecule has 1 atom stereocenters. The first-order valence-corrected chi connectivity index (χ1v) is 15.4. The number of rotatable bonds is 14. The van der Waals surface area contributed by atoms with Crippen molar-refractivity contribution < 1.29 is 18.0 Å². The molecule has 3 aromatic carbocycles. The number of carbonyl (C=O) groups is 2. The van der Waals surface area contributed by atoms with Gasteiger partial charge >= 0.3 is 0 Å². The Balaban J connectivity index is 2.02. The molecule has 7 nitrogen and oxygen atoms in total. The van der Waals surface area contributed by atoms with Crippen LogP contribution in [0.4, 0.5) is 5.69 Å². The van der Waals surface area contributed by atoms with E-state index in [0.717, 1.165) is 40.3 Å². The molecule has 0 aliphatic carbocycles. The molecular formula is C32H41N3O4S. The van der Waals surface area contributed by atoms with Gasteiger partial charge in [-0.25, -0.2) is 8.42 Å². The molecule has 1 unspecified atom stereocenters. The van der Waals surface area contributed by atoms with E-state index in [1.54, 1.807) is 30.3 Å². The monoisotopic (exact) mass is 563 g/mol.